The molecule has 1 aromatic heterocycles. The van der Waals surface area contributed by atoms with Crippen molar-refractivity contribution in [3.8, 4) is 0 Å². The maximum Gasteiger partial charge on any atom is 0.225 e. The zero-order valence-corrected chi connectivity index (χ0v) is 14.1. The Morgan fingerprint density at radius 1 is 1.41 bits per heavy atom. The second-order valence-electron chi connectivity index (χ2n) is 5.84. The minimum atomic E-state index is -0.545. The smallest absolute Gasteiger partial charge is 0.225 e. The van der Waals surface area contributed by atoms with Gasteiger partial charge in [0.15, 0.2) is 0 Å². The fourth-order valence-corrected chi connectivity index (χ4v) is 4.11. The Morgan fingerprint density at radius 3 is 2.77 bits per heavy atom. The minimum absolute atomic E-state index is 0. The van der Waals surface area contributed by atoms with Crippen LogP contribution in [-0.2, 0) is 11.3 Å². The first-order valence-corrected chi connectivity index (χ1v) is 8.02. The van der Waals surface area contributed by atoms with Gasteiger partial charge in [0.05, 0.1) is 12.6 Å². The number of fused-ring (bicyclic) bond motifs is 1. The molecule has 120 valence electrons. The molecule has 1 heterocycles. The van der Waals surface area contributed by atoms with Crippen molar-refractivity contribution in [1.82, 2.24) is 4.90 Å². The summed E-state index contributed by atoms with van der Waals surface area (Å²) in [6, 6.07) is 10.1. The first-order chi connectivity index (χ1) is 10.0. The molecule has 0 saturated heterocycles. The molecule has 0 spiro atoms. The Labute approximate surface area is 140 Å². The van der Waals surface area contributed by atoms with Gasteiger partial charge >= 0.3 is 0 Å². The number of amides is 1. The molecule has 1 aromatic carbocycles. The topological polar surface area (TPSA) is 66.6 Å². The van der Waals surface area contributed by atoms with Gasteiger partial charge in [0.25, 0.3) is 0 Å². The lowest BCUT2D eigenvalue weighted by Gasteiger charge is -2.20. The van der Waals surface area contributed by atoms with E-state index in [1.165, 1.54) is 15.0 Å². The second kappa shape index (κ2) is 6.96. The van der Waals surface area contributed by atoms with Gasteiger partial charge in [-0.05, 0) is 30.4 Å². The molecule has 2 aromatic rings. The van der Waals surface area contributed by atoms with E-state index in [1.54, 1.807) is 16.2 Å². The van der Waals surface area contributed by atoms with E-state index < -0.39 is 6.10 Å². The normalized spacial score (nSPS) is 24.2. The number of hydrogen-bond donors (Lipinski definition) is 2. The molecule has 22 heavy (non-hydrogen) atoms. The van der Waals surface area contributed by atoms with E-state index in [1.807, 2.05) is 19.2 Å². The summed E-state index contributed by atoms with van der Waals surface area (Å²) in [7, 11) is 1.82. The molecule has 0 radical (unpaired) electrons. The van der Waals surface area contributed by atoms with Gasteiger partial charge in [-0.1, -0.05) is 18.2 Å². The number of rotatable bonds is 3. The van der Waals surface area contributed by atoms with Crippen molar-refractivity contribution in [2.24, 2.45) is 11.7 Å². The molecule has 0 bridgehead atoms. The highest BCUT2D eigenvalue weighted by Crippen LogP contribution is 2.29. The highest BCUT2D eigenvalue weighted by atomic mass is 35.5. The van der Waals surface area contributed by atoms with Crippen molar-refractivity contribution in [1.29, 1.82) is 0 Å². The van der Waals surface area contributed by atoms with Gasteiger partial charge in [0.1, 0.15) is 0 Å². The van der Waals surface area contributed by atoms with Crippen LogP contribution in [0.3, 0.4) is 0 Å². The molecular formula is C16H21ClN2O2S. The van der Waals surface area contributed by atoms with E-state index in [0.717, 1.165) is 0 Å². The number of halogens is 1. The lowest BCUT2D eigenvalue weighted by Crippen LogP contribution is -2.32. The molecule has 1 aliphatic carbocycles. The van der Waals surface area contributed by atoms with E-state index >= 15 is 0 Å². The second-order valence-corrected chi connectivity index (χ2v) is 7.01. The average Bonchev–Trinajstić information content (AvgIpc) is 3.01. The lowest BCUT2D eigenvalue weighted by molar-refractivity contribution is -0.134. The first-order valence-electron chi connectivity index (χ1n) is 7.20. The molecule has 3 N–H and O–H groups in total. The number of nitrogens with two attached hydrogens (primary N) is 1. The molecule has 1 aliphatic rings. The van der Waals surface area contributed by atoms with Gasteiger partial charge in [-0.3, -0.25) is 4.79 Å². The molecule has 6 heteroatoms. The Bertz CT molecular complexity index is 617. The molecule has 1 saturated carbocycles. The number of aliphatic hydroxyl groups is 1. The van der Waals surface area contributed by atoms with Crippen LogP contribution in [0.2, 0.25) is 0 Å². The molecule has 0 aliphatic heterocycles. The molecule has 1 fully saturated rings. The molecule has 0 unspecified atom stereocenters. The third-order valence-electron chi connectivity index (χ3n) is 4.17. The van der Waals surface area contributed by atoms with Crippen LogP contribution >= 0.6 is 23.7 Å². The summed E-state index contributed by atoms with van der Waals surface area (Å²) in [5, 5.41) is 10.9. The van der Waals surface area contributed by atoms with Gasteiger partial charge in [-0.25, -0.2) is 0 Å². The summed E-state index contributed by atoms with van der Waals surface area (Å²) in [6.07, 6.45) is 0.518. The van der Waals surface area contributed by atoms with E-state index in [2.05, 4.69) is 18.2 Å². The van der Waals surface area contributed by atoms with Crippen molar-refractivity contribution >= 4 is 39.7 Å². The summed E-state index contributed by atoms with van der Waals surface area (Å²) < 4.78 is 1.24. The third kappa shape index (κ3) is 3.43. The van der Waals surface area contributed by atoms with Gasteiger partial charge in [-0.2, -0.15) is 0 Å². The summed E-state index contributed by atoms with van der Waals surface area (Å²) >= 11 is 1.72. The van der Waals surface area contributed by atoms with Crippen molar-refractivity contribution in [3.63, 3.8) is 0 Å². The van der Waals surface area contributed by atoms with Crippen LogP contribution in [0.4, 0.5) is 0 Å². The van der Waals surface area contributed by atoms with Crippen LogP contribution in [0.15, 0.2) is 30.3 Å². The third-order valence-corrected chi connectivity index (χ3v) is 5.27. The van der Waals surface area contributed by atoms with Gasteiger partial charge < -0.3 is 15.7 Å². The Balaban J connectivity index is 0.00000176. The monoisotopic (exact) mass is 340 g/mol. The summed E-state index contributed by atoms with van der Waals surface area (Å²) in [6.45, 7) is 0.611. The van der Waals surface area contributed by atoms with Crippen molar-refractivity contribution in [2.45, 2.75) is 31.5 Å². The standard InChI is InChI=1S/C16H20N2O2S.ClH/c1-18(16(20)11-7-13(17)14(19)8-11)9-12-6-10-4-2-3-5-15(10)21-12;/h2-6,11,13-14,19H,7-9,17H2,1H3;1H/t11-,13+,14+;/m0./s1. The molecule has 4 nitrogen and oxygen atoms in total. The first kappa shape index (κ1) is 17.2. The minimum Gasteiger partial charge on any atom is -0.391 e. The fourth-order valence-electron chi connectivity index (χ4n) is 2.99. The molecular weight excluding hydrogens is 320 g/mol. The van der Waals surface area contributed by atoms with Crippen LogP contribution in [0.1, 0.15) is 17.7 Å². The Kier molecular flexibility index (Phi) is 5.45. The number of benzene rings is 1. The average molecular weight is 341 g/mol. The number of thiophene rings is 1. The van der Waals surface area contributed by atoms with Crippen molar-refractivity contribution < 1.29 is 9.90 Å². The van der Waals surface area contributed by atoms with Crippen molar-refractivity contribution in [3.05, 3.63) is 35.2 Å². The number of carbonyl (C=O) groups is 1. The van der Waals surface area contributed by atoms with Crippen LogP contribution in [0.25, 0.3) is 10.1 Å². The lowest BCUT2D eigenvalue weighted by atomic mass is 10.1. The molecule has 3 atom stereocenters. The van der Waals surface area contributed by atoms with E-state index in [-0.39, 0.29) is 30.3 Å². The van der Waals surface area contributed by atoms with Gasteiger partial charge in [0.2, 0.25) is 5.91 Å². The highest BCUT2D eigenvalue weighted by Gasteiger charge is 2.36. The summed E-state index contributed by atoms with van der Waals surface area (Å²) in [5.74, 6) is -0.0613. The molecule has 3 rings (SSSR count). The SMILES string of the molecule is CN(Cc1cc2ccccc2s1)C(=O)[C@H]1C[C@@H](N)[C@H](O)C1.Cl. The predicted molar refractivity (Wildman–Crippen MR) is 92.3 cm³/mol. The number of carbonyl (C=O) groups excluding carboxylic acids is 1. The zero-order valence-electron chi connectivity index (χ0n) is 12.4. The largest absolute Gasteiger partial charge is 0.391 e. The maximum absolute atomic E-state index is 12.4. The fraction of sp³-hybridized carbons (Fsp3) is 0.438. The highest BCUT2D eigenvalue weighted by molar-refractivity contribution is 7.19. The van der Waals surface area contributed by atoms with Crippen LogP contribution < -0.4 is 5.73 Å². The Hall–Kier alpha value is -1.14. The maximum atomic E-state index is 12.4. The predicted octanol–water partition coefficient (Wildman–Crippen LogP) is 2.38. The van der Waals surface area contributed by atoms with Gasteiger partial charge in [0, 0.05) is 28.6 Å². The van der Waals surface area contributed by atoms with Crippen LogP contribution in [0, 0.1) is 5.92 Å². The van der Waals surface area contributed by atoms with E-state index in [4.69, 9.17) is 5.73 Å². The molecule has 1 amide bonds. The van der Waals surface area contributed by atoms with E-state index in [0.29, 0.717) is 19.4 Å². The van der Waals surface area contributed by atoms with Crippen molar-refractivity contribution in [2.75, 3.05) is 7.05 Å². The van der Waals surface area contributed by atoms with Gasteiger partial charge in [-0.15, -0.1) is 23.7 Å². The van der Waals surface area contributed by atoms with E-state index in [9.17, 15) is 9.90 Å². The summed E-state index contributed by atoms with van der Waals surface area (Å²) in [5.41, 5.74) is 5.79. The number of hydrogen-bond acceptors (Lipinski definition) is 4. The Morgan fingerprint density at radius 2 is 2.14 bits per heavy atom. The summed E-state index contributed by atoms with van der Waals surface area (Å²) in [4.78, 5) is 15.3. The van der Waals surface area contributed by atoms with Crippen LogP contribution in [0.5, 0.6) is 0 Å². The van der Waals surface area contributed by atoms with Crippen LogP contribution in [-0.4, -0.2) is 35.1 Å². The quantitative estimate of drug-likeness (QED) is 0.901. The number of aliphatic hydroxyl groups excluding tert-OH is 1. The zero-order chi connectivity index (χ0) is 15.0. The number of nitrogens with zero attached hydrogens (tertiary/aromatic N) is 1.